The van der Waals surface area contributed by atoms with Gasteiger partial charge in [0.15, 0.2) is 12.3 Å². The molecule has 0 bridgehead atoms. The number of epoxide rings is 1. The van der Waals surface area contributed by atoms with Crippen molar-refractivity contribution in [3.05, 3.63) is 95.7 Å². The van der Waals surface area contributed by atoms with Crippen LogP contribution in [0.2, 0.25) is 0 Å². The molecule has 9 atom stereocenters. The number of ether oxygens (including phenoxy) is 4. The van der Waals surface area contributed by atoms with E-state index in [1.54, 1.807) is 0 Å². The van der Waals surface area contributed by atoms with E-state index < -0.39 is 83.7 Å². The first-order valence-corrected chi connectivity index (χ1v) is 29.1. The Morgan fingerprint density at radius 1 is 0.685 bits per heavy atom. The van der Waals surface area contributed by atoms with E-state index >= 15 is 0 Å². The molecule has 1 aromatic rings. The van der Waals surface area contributed by atoms with E-state index in [0.717, 1.165) is 81.4 Å². The number of nitrogen functional groups attached to an aromatic ring is 1. The number of aromatic nitrogens is 2. The molecule has 3 heterocycles. The van der Waals surface area contributed by atoms with Gasteiger partial charge in [0.2, 0.25) is 0 Å². The lowest BCUT2D eigenvalue weighted by Gasteiger charge is -2.21. The molecular weight excluding hydrogens is 985 g/mol. The van der Waals surface area contributed by atoms with Gasteiger partial charge in [-0.3, -0.25) is 23.2 Å². The van der Waals surface area contributed by atoms with Crippen LogP contribution < -0.4 is 11.4 Å². The molecule has 2 aliphatic rings. The predicted molar refractivity (Wildman–Crippen MR) is 279 cm³/mol. The van der Waals surface area contributed by atoms with E-state index in [-0.39, 0.29) is 30.9 Å². The first kappa shape index (κ1) is 63.5. The van der Waals surface area contributed by atoms with Gasteiger partial charge in [0.1, 0.15) is 30.7 Å². The highest BCUT2D eigenvalue weighted by Gasteiger charge is 2.46. The molecule has 73 heavy (non-hydrogen) atoms. The van der Waals surface area contributed by atoms with Crippen LogP contribution in [-0.2, 0) is 51.0 Å². The van der Waals surface area contributed by atoms with Gasteiger partial charge in [-0.15, -0.1) is 0 Å². The third-order valence-electron chi connectivity index (χ3n) is 11.7. The molecule has 0 amide bonds. The average Bonchev–Trinajstić information content (AvgIpc) is 4.04. The van der Waals surface area contributed by atoms with Crippen molar-refractivity contribution >= 4 is 33.4 Å². The summed E-state index contributed by atoms with van der Waals surface area (Å²) in [7, 11) is -10.9. The standard InChI is InChI=1S/C52H83N3O16P2/c1-3-5-7-9-11-13-15-17-18-19-20-21-23-25-27-29-31-35-47(56)65-39-42(68-48(57)36-32-34-44-43(69-44)33-30-28-26-24-22-16-14-12-10-8-6-4-2)40-66-72(61,62)71-73(63,64)67-41-45-49(58)50(59)51(70-45)55-38-37-46(53)54-52(55)60/h11-14,17-18,20-22,24,28,30,37-38,42-45,49-51,58-59H,3-10,15-16,19,23,25-27,29,31-36,39-41H2,1-2H3,(H,61,62)(H,63,64)(H2,53,54,60)/b13-11-,14-12-,18-17-,21-20-,24-22-,30-28-/t42-,43?,44?,45-,49-,50-,51-/m1/s1. The Kier molecular flexibility index (Phi) is 32.2. The first-order chi connectivity index (χ1) is 35.1. The van der Waals surface area contributed by atoms with Gasteiger partial charge in [0.05, 0.1) is 25.4 Å². The fraction of sp³-hybridized carbons (Fsp3) is 0.654. The van der Waals surface area contributed by atoms with E-state index in [0.29, 0.717) is 19.3 Å². The topological polar surface area (TPSA) is 278 Å². The van der Waals surface area contributed by atoms with Crippen LogP contribution in [0.25, 0.3) is 0 Å². The van der Waals surface area contributed by atoms with Crippen molar-refractivity contribution in [1.82, 2.24) is 9.55 Å². The number of nitrogens with zero attached hydrogens (tertiary/aromatic N) is 2. The molecule has 2 aliphatic heterocycles. The van der Waals surface area contributed by atoms with Crippen molar-refractivity contribution in [2.75, 3.05) is 25.6 Å². The Balaban J connectivity index is 1.43. The van der Waals surface area contributed by atoms with E-state index in [1.807, 2.05) is 0 Å². The molecule has 2 saturated heterocycles. The zero-order valence-corrected chi connectivity index (χ0v) is 44.6. The number of allylic oxidation sites excluding steroid dienone is 11. The third-order valence-corrected chi connectivity index (χ3v) is 14.3. The molecule has 2 fully saturated rings. The molecule has 0 aromatic carbocycles. The van der Waals surface area contributed by atoms with Crippen molar-refractivity contribution in [3.8, 4) is 0 Å². The van der Waals surface area contributed by atoms with Gasteiger partial charge in [0.25, 0.3) is 0 Å². The van der Waals surface area contributed by atoms with Crippen LogP contribution in [0, 0.1) is 0 Å². The molecule has 0 spiro atoms. The highest BCUT2D eigenvalue weighted by atomic mass is 31.3. The molecule has 0 radical (unpaired) electrons. The van der Waals surface area contributed by atoms with Crippen LogP contribution in [0.15, 0.2) is 90.0 Å². The lowest BCUT2D eigenvalue weighted by Crippen LogP contribution is -2.36. The summed E-state index contributed by atoms with van der Waals surface area (Å²) in [5.74, 6) is -1.41. The molecule has 412 valence electrons. The smallest absolute Gasteiger partial charge is 0.462 e. The second-order valence-electron chi connectivity index (χ2n) is 18.1. The fourth-order valence-electron chi connectivity index (χ4n) is 7.52. The Bertz CT molecular complexity index is 2080. The number of phosphoric acid groups is 2. The van der Waals surface area contributed by atoms with Gasteiger partial charge in [-0.05, 0) is 96.0 Å². The zero-order valence-electron chi connectivity index (χ0n) is 42.9. The van der Waals surface area contributed by atoms with E-state index in [1.165, 1.54) is 44.6 Å². The highest BCUT2D eigenvalue weighted by molar-refractivity contribution is 7.61. The van der Waals surface area contributed by atoms with Crippen LogP contribution in [0.1, 0.15) is 161 Å². The molecule has 19 nitrogen and oxygen atoms in total. The summed E-state index contributed by atoms with van der Waals surface area (Å²) in [5.41, 5.74) is 4.58. The second kappa shape index (κ2) is 37.0. The van der Waals surface area contributed by atoms with Crippen molar-refractivity contribution in [2.45, 2.75) is 198 Å². The number of unbranched alkanes of at least 4 members (excludes halogenated alkanes) is 10. The van der Waals surface area contributed by atoms with Crippen molar-refractivity contribution in [3.63, 3.8) is 0 Å². The van der Waals surface area contributed by atoms with E-state index in [2.05, 4.69) is 96.1 Å². The van der Waals surface area contributed by atoms with Crippen molar-refractivity contribution < 1.29 is 71.0 Å². The van der Waals surface area contributed by atoms with Crippen LogP contribution >= 0.6 is 15.6 Å². The maximum absolute atomic E-state index is 12.9. The van der Waals surface area contributed by atoms with Crippen molar-refractivity contribution in [2.24, 2.45) is 0 Å². The predicted octanol–water partition coefficient (Wildman–Crippen LogP) is 9.88. The number of aliphatic hydroxyl groups excluding tert-OH is 2. The number of phosphoric ester groups is 2. The summed E-state index contributed by atoms with van der Waals surface area (Å²) in [6, 6.07) is 1.24. The number of aliphatic hydroxyl groups is 2. The summed E-state index contributed by atoms with van der Waals surface area (Å²) in [5, 5.41) is 20.9. The maximum Gasteiger partial charge on any atom is 0.481 e. The minimum Gasteiger partial charge on any atom is -0.462 e. The molecule has 6 N–H and O–H groups in total. The van der Waals surface area contributed by atoms with Crippen LogP contribution in [0.5, 0.6) is 0 Å². The number of rotatable bonds is 41. The van der Waals surface area contributed by atoms with E-state index in [4.69, 9.17) is 33.7 Å². The number of carbonyl (C=O) groups is 2. The summed E-state index contributed by atoms with van der Waals surface area (Å²) >= 11 is 0. The number of esters is 2. The Morgan fingerprint density at radius 2 is 1.23 bits per heavy atom. The number of hydrogen-bond acceptors (Lipinski definition) is 16. The van der Waals surface area contributed by atoms with Gasteiger partial charge in [-0.2, -0.15) is 9.29 Å². The molecule has 1 aromatic heterocycles. The third kappa shape index (κ3) is 29.2. The fourth-order valence-corrected chi connectivity index (χ4v) is 9.63. The van der Waals surface area contributed by atoms with Gasteiger partial charge in [-0.1, -0.05) is 125 Å². The quantitative estimate of drug-likeness (QED) is 0.0134. The Morgan fingerprint density at radius 3 is 1.84 bits per heavy atom. The monoisotopic (exact) mass is 1070 g/mol. The summed E-state index contributed by atoms with van der Waals surface area (Å²) in [6.07, 6.45) is 38.5. The summed E-state index contributed by atoms with van der Waals surface area (Å²) < 4.78 is 62.6. The largest absolute Gasteiger partial charge is 0.481 e. The van der Waals surface area contributed by atoms with Gasteiger partial charge in [0, 0.05) is 19.0 Å². The molecule has 4 unspecified atom stereocenters. The van der Waals surface area contributed by atoms with Gasteiger partial charge in [-0.25, -0.2) is 13.9 Å². The minimum atomic E-state index is -5.45. The number of nitrogens with two attached hydrogens (primary N) is 1. The number of hydrogen-bond donors (Lipinski definition) is 5. The first-order valence-electron chi connectivity index (χ1n) is 26.1. The SMILES string of the molecule is CCCCC/C=C\C/C=C\C/C=C\CCCCCCC(=O)OC[C@H](COP(=O)(O)OP(=O)(O)OC[C@H]1O[C@@H](n2ccc(N)nc2=O)[C@H](O)[C@@H]1O)OC(=O)CCCC1OC1C/C=C\C/C=C\C/C=C\CCCCC. The summed E-state index contributed by atoms with van der Waals surface area (Å²) in [6.45, 7) is 2.00. The Labute approximate surface area is 431 Å². The second-order valence-corrected chi connectivity index (χ2v) is 21.1. The lowest BCUT2D eigenvalue weighted by atomic mass is 10.1. The average molecular weight is 1070 g/mol. The van der Waals surface area contributed by atoms with Crippen molar-refractivity contribution in [1.29, 1.82) is 0 Å². The molecule has 0 saturated carbocycles. The molecule has 21 heteroatoms. The number of carbonyl (C=O) groups excluding carboxylic acids is 2. The van der Waals surface area contributed by atoms with Crippen LogP contribution in [0.4, 0.5) is 5.82 Å². The Hall–Kier alpha value is -3.84. The minimum absolute atomic E-state index is 0.0124. The van der Waals surface area contributed by atoms with Crippen LogP contribution in [-0.4, -0.2) is 97.9 Å². The molecular formula is C52H83N3O16P2. The zero-order chi connectivity index (χ0) is 53.2. The van der Waals surface area contributed by atoms with Gasteiger partial charge >= 0.3 is 33.3 Å². The summed E-state index contributed by atoms with van der Waals surface area (Å²) in [4.78, 5) is 62.1. The normalized spacial score (nSPS) is 22.3. The lowest BCUT2D eigenvalue weighted by molar-refractivity contribution is -0.161. The van der Waals surface area contributed by atoms with Crippen LogP contribution in [0.3, 0.4) is 0 Å². The van der Waals surface area contributed by atoms with Gasteiger partial charge < -0.3 is 44.7 Å². The molecule has 3 rings (SSSR count). The molecule has 0 aliphatic carbocycles. The maximum atomic E-state index is 12.9. The number of anilines is 1. The van der Waals surface area contributed by atoms with E-state index in [9.17, 15) is 43.5 Å². The highest BCUT2D eigenvalue weighted by Crippen LogP contribution is 2.60.